The summed E-state index contributed by atoms with van der Waals surface area (Å²) in [5.74, 6) is 0.911. The Balaban J connectivity index is 1.46. The molecule has 2 aromatic rings. The van der Waals surface area contributed by atoms with Crippen molar-refractivity contribution in [1.29, 1.82) is 0 Å². The summed E-state index contributed by atoms with van der Waals surface area (Å²) in [5, 5.41) is 8.50. The average molecular weight is 417 g/mol. The van der Waals surface area contributed by atoms with Crippen LogP contribution < -0.4 is 0 Å². The molecule has 8 heteroatoms. The molecule has 0 radical (unpaired) electrons. The van der Waals surface area contributed by atoms with Crippen molar-refractivity contribution in [1.82, 2.24) is 19.7 Å². The lowest BCUT2D eigenvalue weighted by Crippen LogP contribution is -2.38. The van der Waals surface area contributed by atoms with Crippen molar-refractivity contribution in [2.24, 2.45) is 5.41 Å². The highest BCUT2D eigenvalue weighted by molar-refractivity contribution is 7.91. The lowest BCUT2D eigenvalue weighted by Gasteiger charge is -2.42. The highest BCUT2D eigenvalue weighted by Crippen LogP contribution is 2.55. The second-order valence-corrected chi connectivity index (χ2v) is 10.4. The van der Waals surface area contributed by atoms with Gasteiger partial charge < -0.3 is 9.47 Å². The Morgan fingerprint density at radius 1 is 1.24 bits per heavy atom. The lowest BCUT2D eigenvalue weighted by molar-refractivity contribution is -0.130. The Morgan fingerprint density at radius 2 is 2.00 bits per heavy atom. The minimum atomic E-state index is -3.45. The third-order valence-electron chi connectivity index (χ3n) is 6.46. The Bertz CT molecular complexity index is 967. The van der Waals surface area contributed by atoms with Gasteiger partial charge in [0.2, 0.25) is 5.91 Å². The first-order valence-corrected chi connectivity index (χ1v) is 12.0. The number of nitrogens with zero attached hydrogens (tertiary/aromatic N) is 4. The smallest absolute Gasteiger partial charge is 0.223 e. The van der Waals surface area contributed by atoms with Gasteiger partial charge in [0.1, 0.15) is 12.2 Å². The number of likely N-dealkylation sites (tertiary alicyclic amines) is 1. The van der Waals surface area contributed by atoms with Crippen LogP contribution in [0.25, 0.3) is 0 Å². The van der Waals surface area contributed by atoms with Crippen LogP contribution in [0.3, 0.4) is 0 Å². The van der Waals surface area contributed by atoms with Gasteiger partial charge in [-0.05, 0) is 36.8 Å². The summed E-state index contributed by atoms with van der Waals surface area (Å²) < 4.78 is 27.2. The summed E-state index contributed by atoms with van der Waals surface area (Å²) in [6, 6.07) is 8.34. The van der Waals surface area contributed by atoms with Gasteiger partial charge in [0.15, 0.2) is 9.84 Å². The van der Waals surface area contributed by atoms with Gasteiger partial charge in [0.25, 0.3) is 0 Å². The number of sulfone groups is 1. The van der Waals surface area contributed by atoms with Gasteiger partial charge in [0, 0.05) is 32.0 Å². The van der Waals surface area contributed by atoms with E-state index in [1.54, 1.807) is 36.7 Å². The first kappa shape index (κ1) is 20.1. The number of carbonyl (C=O) groups excluding carboxylic acids is 1. The topological polar surface area (TPSA) is 85.2 Å². The molecule has 1 atom stereocenters. The Hall–Kier alpha value is -2.22. The lowest BCUT2D eigenvalue weighted by atomic mass is 9.62. The molecule has 2 aliphatic rings. The molecule has 4 rings (SSSR count). The van der Waals surface area contributed by atoms with Gasteiger partial charge >= 0.3 is 0 Å². The zero-order valence-corrected chi connectivity index (χ0v) is 17.6. The number of carbonyl (C=O) groups is 1. The zero-order valence-electron chi connectivity index (χ0n) is 16.8. The second kappa shape index (κ2) is 7.89. The van der Waals surface area contributed by atoms with Gasteiger partial charge in [-0.2, -0.15) is 0 Å². The number of aryl methyl sites for hydroxylation is 1. The summed E-state index contributed by atoms with van der Waals surface area (Å²) in [6.07, 6.45) is 6.14. The van der Waals surface area contributed by atoms with Crippen LogP contribution in [-0.4, -0.2) is 52.8 Å². The van der Waals surface area contributed by atoms with Gasteiger partial charge in [-0.15, -0.1) is 10.2 Å². The Kier molecular flexibility index (Phi) is 5.46. The number of hydrogen-bond donors (Lipinski definition) is 0. The third-order valence-corrected chi connectivity index (χ3v) is 8.19. The zero-order chi connectivity index (χ0) is 20.5. The summed E-state index contributed by atoms with van der Waals surface area (Å²) in [6.45, 7) is 4.30. The molecule has 2 heterocycles. The van der Waals surface area contributed by atoms with Gasteiger partial charge in [-0.3, -0.25) is 4.79 Å². The monoisotopic (exact) mass is 416 g/mol. The van der Waals surface area contributed by atoms with Crippen LogP contribution in [0, 0.1) is 5.41 Å². The van der Waals surface area contributed by atoms with Crippen molar-refractivity contribution >= 4 is 15.7 Å². The molecule has 1 amide bonds. The predicted octanol–water partition coefficient (Wildman–Crippen LogP) is 2.65. The van der Waals surface area contributed by atoms with E-state index < -0.39 is 9.84 Å². The minimum absolute atomic E-state index is 0.0156. The van der Waals surface area contributed by atoms with E-state index >= 15 is 0 Å². The van der Waals surface area contributed by atoms with Crippen LogP contribution in [-0.2, 0) is 21.2 Å². The molecule has 1 aromatic heterocycles. The van der Waals surface area contributed by atoms with E-state index in [-0.39, 0.29) is 34.3 Å². The molecule has 7 nitrogen and oxygen atoms in total. The van der Waals surface area contributed by atoms with Crippen molar-refractivity contribution in [2.45, 2.75) is 56.4 Å². The maximum atomic E-state index is 12.9. The van der Waals surface area contributed by atoms with Crippen LogP contribution in [0.1, 0.15) is 50.8 Å². The van der Waals surface area contributed by atoms with Crippen LogP contribution in [0.15, 0.2) is 41.6 Å². The van der Waals surface area contributed by atoms with Crippen LogP contribution in [0.2, 0.25) is 0 Å². The second-order valence-electron chi connectivity index (χ2n) is 8.31. The number of benzene rings is 1. The SMILES string of the molecule is CCCn1cnnc1C1CN(C(=O)CCS(=O)(=O)c2ccccc2)CC12CCC2. The molecule has 156 valence electrons. The summed E-state index contributed by atoms with van der Waals surface area (Å²) >= 11 is 0. The van der Waals surface area contributed by atoms with Gasteiger partial charge in [0.05, 0.1) is 10.6 Å². The minimum Gasteiger partial charge on any atom is -0.341 e. The van der Waals surface area contributed by atoms with Crippen molar-refractivity contribution in [2.75, 3.05) is 18.8 Å². The number of aromatic nitrogens is 3. The van der Waals surface area contributed by atoms with E-state index in [9.17, 15) is 13.2 Å². The van der Waals surface area contributed by atoms with E-state index in [4.69, 9.17) is 0 Å². The van der Waals surface area contributed by atoms with E-state index in [0.29, 0.717) is 13.1 Å². The van der Waals surface area contributed by atoms with E-state index in [0.717, 1.165) is 31.6 Å². The summed E-state index contributed by atoms with van der Waals surface area (Å²) in [5.41, 5.74) is 0.0759. The standard InChI is InChI=1S/C21H28N4O3S/c1-2-12-24-16-22-23-20(24)18-14-25(15-21(18)10-6-11-21)19(26)9-13-29(27,28)17-7-4-3-5-8-17/h3-5,7-8,16,18H,2,6,9-15H2,1H3. The Labute approximate surface area is 172 Å². The predicted molar refractivity (Wildman–Crippen MR) is 109 cm³/mol. The highest BCUT2D eigenvalue weighted by Gasteiger charge is 2.53. The van der Waals surface area contributed by atoms with Crippen molar-refractivity contribution in [3.63, 3.8) is 0 Å². The largest absolute Gasteiger partial charge is 0.341 e. The summed E-state index contributed by atoms with van der Waals surface area (Å²) in [4.78, 5) is 15.0. The molecule has 1 spiro atoms. The molecule has 2 fully saturated rings. The molecule has 1 unspecified atom stereocenters. The first-order chi connectivity index (χ1) is 14.0. The molecule has 1 saturated carbocycles. The quantitative estimate of drug-likeness (QED) is 0.693. The molecular formula is C21H28N4O3S. The van der Waals surface area contributed by atoms with Crippen LogP contribution in [0.5, 0.6) is 0 Å². The van der Waals surface area contributed by atoms with Gasteiger partial charge in [-0.1, -0.05) is 31.5 Å². The molecule has 0 bridgehead atoms. The van der Waals surface area contributed by atoms with Gasteiger partial charge in [-0.25, -0.2) is 8.42 Å². The van der Waals surface area contributed by atoms with Crippen molar-refractivity contribution in [3.05, 3.63) is 42.5 Å². The highest BCUT2D eigenvalue weighted by atomic mass is 32.2. The normalized spacial score (nSPS) is 20.7. The Morgan fingerprint density at radius 3 is 2.66 bits per heavy atom. The van der Waals surface area contributed by atoms with Crippen molar-refractivity contribution < 1.29 is 13.2 Å². The van der Waals surface area contributed by atoms with E-state index in [1.807, 2.05) is 4.90 Å². The molecule has 1 aliphatic carbocycles. The molecule has 1 aromatic carbocycles. The molecule has 1 aliphatic heterocycles. The number of rotatable bonds is 7. The molecular weight excluding hydrogens is 388 g/mol. The van der Waals surface area contributed by atoms with Crippen LogP contribution >= 0.6 is 0 Å². The average Bonchev–Trinajstić information content (AvgIpc) is 3.31. The maximum absolute atomic E-state index is 12.9. The maximum Gasteiger partial charge on any atom is 0.223 e. The summed E-state index contributed by atoms with van der Waals surface area (Å²) in [7, 11) is -3.45. The van der Waals surface area contributed by atoms with Crippen molar-refractivity contribution in [3.8, 4) is 0 Å². The fraction of sp³-hybridized carbons (Fsp3) is 0.571. The third kappa shape index (κ3) is 3.82. The number of amides is 1. The fourth-order valence-corrected chi connectivity index (χ4v) is 5.98. The number of hydrogen-bond acceptors (Lipinski definition) is 5. The molecule has 1 saturated heterocycles. The van der Waals surface area contributed by atoms with E-state index in [1.165, 1.54) is 6.42 Å². The van der Waals surface area contributed by atoms with E-state index in [2.05, 4.69) is 21.7 Å². The molecule has 0 N–H and O–H groups in total. The molecule has 29 heavy (non-hydrogen) atoms. The fourth-order valence-electron chi connectivity index (χ4n) is 4.72. The van der Waals surface area contributed by atoms with Crippen LogP contribution in [0.4, 0.5) is 0 Å². The first-order valence-electron chi connectivity index (χ1n) is 10.4.